The molecule has 0 aliphatic heterocycles. The van der Waals surface area contributed by atoms with E-state index in [-0.39, 0.29) is 5.12 Å². The smallest absolute Gasteiger partial charge is 0.186 e. The van der Waals surface area contributed by atoms with Gasteiger partial charge < -0.3 is 0 Å². The summed E-state index contributed by atoms with van der Waals surface area (Å²) in [5, 5.41) is 0.117. The summed E-state index contributed by atoms with van der Waals surface area (Å²) in [6.07, 6.45) is 6.89. The van der Waals surface area contributed by atoms with Crippen molar-refractivity contribution in [2.45, 2.75) is 38.9 Å². The lowest BCUT2D eigenvalue weighted by molar-refractivity contribution is -0.109. The predicted molar refractivity (Wildman–Crippen MR) is 62.6 cm³/mol. The molecule has 1 aromatic rings. The summed E-state index contributed by atoms with van der Waals surface area (Å²) >= 11 is 1.27. The monoisotopic (exact) mass is 224 g/mol. The Bertz CT molecular complexity index is 311. The summed E-state index contributed by atoms with van der Waals surface area (Å²) < 4.78 is 0. The van der Waals surface area contributed by atoms with E-state index in [1.807, 2.05) is 6.20 Å². The third-order valence-electron chi connectivity index (χ3n) is 1.97. The van der Waals surface area contributed by atoms with Crippen molar-refractivity contribution in [1.82, 2.24) is 9.97 Å². The second-order valence-electron chi connectivity index (χ2n) is 3.38. The SMILES string of the molecule is CCCCc1cnc(CSC(C)=O)cn1. The number of thioether (sulfide) groups is 1. The molecule has 4 heteroatoms. The van der Waals surface area contributed by atoms with Gasteiger partial charge in [0.15, 0.2) is 5.12 Å². The van der Waals surface area contributed by atoms with Crippen molar-refractivity contribution < 1.29 is 4.79 Å². The molecule has 1 aromatic heterocycles. The molecule has 3 nitrogen and oxygen atoms in total. The first-order valence-electron chi connectivity index (χ1n) is 5.15. The summed E-state index contributed by atoms with van der Waals surface area (Å²) in [4.78, 5) is 19.3. The maximum Gasteiger partial charge on any atom is 0.186 e. The molecular weight excluding hydrogens is 208 g/mol. The van der Waals surface area contributed by atoms with Crippen LogP contribution in [0.15, 0.2) is 12.4 Å². The third-order valence-corrected chi connectivity index (χ3v) is 2.82. The largest absolute Gasteiger partial charge is 0.288 e. The lowest BCUT2D eigenvalue weighted by atomic mass is 10.2. The number of aryl methyl sites for hydroxylation is 1. The second kappa shape index (κ2) is 6.56. The maximum atomic E-state index is 10.7. The molecule has 0 amide bonds. The van der Waals surface area contributed by atoms with E-state index in [0.717, 1.165) is 24.2 Å². The van der Waals surface area contributed by atoms with Crippen molar-refractivity contribution in [2.24, 2.45) is 0 Å². The highest BCUT2D eigenvalue weighted by atomic mass is 32.2. The fraction of sp³-hybridized carbons (Fsp3) is 0.545. The van der Waals surface area contributed by atoms with E-state index in [2.05, 4.69) is 16.9 Å². The topological polar surface area (TPSA) is 42.9 Å². The van der Waals surface area contributed by atoms with Crippen molar-refractivity contribution >= 4 is 16.9 Å². The third kappa shape index (κ3) is 4.93. The van der Waals surface area contributed by atoms with Crippen LogP contribution in [-0.2, 0) is 17.0 Å². The van der Waals surface area contributed by atoms with Crippen LogP contribution in [0.3, 0.4) is 0 Å². The van der Waals surface area contributed by atoms with Crippen molar-refractivity contribution in [1.29, 1.82) is 0 Å². The molecule has 0 bridgehead atoms. The van der Waals surface area contributed by atoms with E-state index in [1.54, 1.807) is 13.1 Å². The summed E-state index contributed by atoms with van der Waals surface area (Å²) in [5.41, 5.74) is 1.91. The van der Waals surface area contributed by atoms with Gasteiger partial charge in [-0.2, -0.15) is 0 Å². The fourth-order valence-electron chi connectivity index (χ4n) is 1.12. The predicted octanol–water partition coefficient (Wildman–Crippen LogP) is 2.60. The normalized spacial score (nSPS) is 10.3. The van der Waals surface area contributed by atoms with Gasteiger partial charge in [-0.3, -0.25) is 14.8 Å². The number of nitrogens with zero attached hydrogens (tertiary/aromatic N) is 2. The number of carbonyl (C=O) groups excluding carboxylic acids is 1. The number of unbranched alkanes of at least 4 members (excludes halogenated alkanes) is 1. The highest BCUT2D eigenvalue weighted by molar-refractivity contribution is 8.12. The minimum Gasteiger partial charge on any atom is -0.288 e. The molecular formula is C11H16N2OS. The van der Waals surface area contributed by atoms with Crippen LogP contribution in [-0.4, -0.2) is 15.1 Å². The van der Waals surface area contributed by atoms with Gasteiger partial charge in [0.05, 0.1) is 11.4 Å². The molecule has 0 aliphatic rings. The van der Waals surface area contributed by atoms with E-state index in [4.69, 9.17) is 0 Å². The van der Waals surface area contributed by atoms with Gasteiger partial charge in [-0.25, -0.2) is 0 Å². The van der Waals surface area contributed by atoms with Gasteiger partial charge in [-0.1, -0.05) is 25.1 Å². The number of rotatable bonds is 5. The van der Waals surface area contributed by atoms with Gasteiger partial charge in [0, 0.05) is 25.1 Å². The quantitative estimate of drug-likeness (QED) is 0.771. The summed E-state index contributed by atoms with van der Waals surface area (Å²) in [6.45, 7) is 3.72. The standard InChI is InChI=1S/C11H16N2OS/c1-3-4-5-10-6-13-11(7-12-10)8-15-9(2)14/h6-7H,3-5,8H2,1-2H3. The molecule has 0 saturated carbocycles. The van der Waals surface area contributed by atoms with Crippen molar-refractivity contribution in [3.63, 3.8) is 0 Å². The van der Waals surface area contributed by atoms with Gasteiger partial charge in [-0.15, -0.1) is 0 Å². The molecule has 0 atom stereocenters. The zero-order valence-corrected chi connectivity index (χ0v) is 10.0. The minimum atomic E-state index is 0.117. The molecule has 0 unspecified atom stereocenters. The van der Waals surface area contributed by atoms with Crippen LogP contribution in [0.4, 0.5) is 0 Å². The van der Waals surface area contributed by atoms with Gasteiger partial charge in [0.25, 0.3) is 0 Å². The van der Waals surface area contributed by atoms with Crippen LogP contribution >= 0.6 is 11.8 Å². The van der Waals surface area contributed by atoms with E-state index < -0.39 is 0 Å². The number of aromatic nitrogens is 2. The average molecular weight is 224 g/mol. The van der Waals surface area contributed by atoms with Gasteiger partial charge in [0.1, 0.15) is 0 Å². The Hall–Kier alpha value is -0.900. The highest BCUT2D eigenvalue weighted by Crippen LogP contribution is 2.10. The van der Waals surface area contributed by atoms with Crippen LogP contribution in [0.5, 0.6) is 0 Å². The van der Waals surface area contributed by atoms with Crippen LogP contribution in [0.1, 0.15) is 38.1 Å². The Labute approximate surface area is 94.7 Å². The van der Waals surface area contributed by atoms with Crippen LogP contribution in [0.25, 0.3) is 0 Å². The molecule has 15 heavy (non-hydrogen) atoms. The van der Waals surface area contributed by atoms with Crippen LogP contribution in [0.2, 0.25) is 0 Å². The van der Waals surface area contributed by atoms with Crippen molar-refractivity contribution in [3.05, 3.63) is 23.8 Å². The van der Waals surface area contributed by atoms with E-state index >= 15 is 0 Å². The Morgan fingerprint density at radius 2 is 2.00 bits per heavy atom. The Morgan fingerprint density at radius 1 is 1.33 bits per heavy atom. The lowest BCUT2D eigenvalue weighted by Crippen LogP contribution is -1.96. The molecule has 0 spiro atoms. The van der Waals surface area contributed by atoms with E-state index in [0.29, 0.717) is 5.75 Å². The van der Waals surface area contributed by atoms with Gasteiger partial charge >= 0.3 is 0 Å². The Kier molecular flexibility index (Phi) is 5.32. The van der Waals surface area contributed by atoms with Crippen LogP contribution < -0.4 is 0 Å². The first kappa shape index (κ1) is 12.2. The summed E-state index contributed by atoms with van der Waals surface area (Å²) in [6, 6.07) is 0. The highest BCUT2D eigenvalue weighted by Gasteiger charge is 2.00. The molecule has 0 N–H and O–H groups in total. The Morgan fingerprint density at radius 3 is 2.53 bits per heavy atom. The number of hydrogen-bond acceptors (Lipinski definition) is 4. The molecule has 0 saturated heterocycles. The molecule has 0 aromatic carbocycles. The Balaban J connectivity index is 2.45. The van der Waals surface area contributed by atoms with E-state index in [1.165, 1.54) is 18.2 Å². The second-order valence-corrected chi connectivity index (χ2v) is 4.54. The molecule has 82 valence electrons. The van der Waals surface area contributed by atoms with Gasteiger partial charge in [-0.05, 0) is 12.8 Å². The number of carbonyl (C=O) groups is 1. The fourth-order valence-corrected chi connectivity index (χ4v) is 1.62. The first-order chi connectivity index (χ1) is 7.22. The molecule has 1 heterocycles. The number of hydrogen-bond donors (Lipinski definition) is 0. The van der Waals surface area contributed by atoms with Crippen LogP contribution in [0, 0.1) is 0 Å². The minimum absolute atomic E-state index is 0.117. The lowest BCUT2D eigenvalue weighted by Gasteiger charge is -2.00. The summed E-state index contributed by atoms with van der Waals surface area (Å²) in [7, 11) is 0. The van der Waals surface area contributed by atoms with E-state index in [9.17, 15) is 4.79 Å². The van der Waals surface area contributed by atoms with Gasteiger partial charge in [0.2, 0.25) is 0 Å². The van der Waals surface area contributed by atoms with Crippen molar-refractivity contribution in [3.8, 4) is 0 Å². The first-order valence-corrected chi connectivity index (χ1v) is 6.14. The molecule has 0 radical (unpaired) electrons. The average Bonchev–Trinajstić information content (AvgIpc) is 2.25. The molecule has 0 aliphatic carbocycles. The maximum absolute atomic E-state index is 10.7. The summed E-state index contributed by atoms with van der Waals surface area (Å²) in [5.74, 6) is 0.621. The van der Waals surface area contributed by atoms with Crippen molar-refractivity contribution in [2.75, 3.05) is 0 Å². The zero-order chi connectivity index (χ0) is 11.1. The molecule has 0 fully saturated rings. The zero-order valence-electron chi connectivity index (χ0n) is 9.19. The molecule has 1 rings (SSSR count).